The van der Waals surface area contributed by atoms with Crippen molar-refractivity contribution >= 4 is 0 Å². The van der Waals surface area contributed by atoms with Crippen molar-refractivity contribution in [3.8, 4) is 0 Å². The summed E-state index contributed by atoms with van der Waals surface area (Å²) in [4.78, 5) is 0. The Morgan fingerprint density at radius 1 is 1.21 bits per heavy atom. The fraction of sp³-hybridized carbons (Fsp3) is 1.00. The van der Waals surface area contributed by atoms with E-state index >= 15 is 0 Å². The SMILES string of the molecule is CC(C)COC1CC(NC2CCC(N)CC2)C1(C)C. The molecule has 2 rings (SSSR count). The third-order valence-electron chi connectivity index (χ3n) is 5.02. The normalized spacial score (nSPS) is 38.2. The van der Waals surface area contributed by atoms with E-state index < -0.39 is 0 Å². The van der Waals surface area contributed by atoms with Crippen LogP contribution in [0.15, 0.2) is 0 Å². The maximum Gasteiger partial charge on any atom is 0.0656 e. The van der Waals surface area contributed by atoms with Gasteiger partial charge in [-0.15, -0.1) is 0 Å². The number of hydrogen-bond acceptors (Lipinski definition) is 3. The van der Waals surface area contributed by atoms with E-state index in [-0.39, 0.29) is 5.41 Å². The highest BCUT2D eigenvalue weighted by molar-refractivity contribution is 5.04. The van der Waals surface area contributed by atoms with Gasteiger partial charge in [0.15, 0.2) is 0 Å². The minimum Gasteiger partial charge on any atom is -0.377 e. The monoisotopic (exact) mass is 268 g/mol. The van der Waals surface area contributed by atoms with E-state index in [4.69, 9.17) is 10.5 Å². The Morgan fingerprint density at radius 2 is 1.84 bits per heavy atom. The van der Waals surface area contributed by atoms with Gasteiger partial charge in [0.05, 0.1) is 6.10 Å². The van der Waals surface area contributed by atoms with Crippen molar-refractivity contribution in [3.63, 3.8) is 0 Å². The zero-order valence-corrected chi connectivity index (χ0v) is 13.1. The molecule has 0 aromatic rings. The van der Waals surface area contributed by atoms with Gasteiger partial charge in [-0.25, -0.2) is 0 Å². The summed E-state index contributed by atoms with van der Waals surface area (Å²) in [5, 5.41) is 3.85. The quantitative estimate of drug-likeness (QED) is 0.806. The fourth-order valence-electron chi connectivity index (χ4n) is 3.33. The van der Waals surface area contributed by atoms with E-state index in [1.54, 1.807) is 0 Å². The fourth-order valence-corrected chi connectivity index (χ4v) is 3.33. The first-order chi connectivity index (χ1) is 8.89. The molecule has 2 saturated carbocycles. The van der Waals surface area contributed by atoms with Crippen LogP contribution in [0.5, 0.6) is 0 Å². The van der Waals surface area contributed by atoms with Gasteiger partial charge in [-0.1, -0.05) is 27.7 Å². The maximum absolute atomic E-state index is 6.03. The molecule has 0 heterocycles. The molecule has 0 amide bonds. The molecule has 2 aliphatic rings. The molecule has 0 spiro atoms. The van der Waals surface area contributed by atoms with Crippen LogP contribution in [0, 0.1) is 11.3 Å². The summed E-state index contributed by atoms with van der Waals surface area (Å²) in [5.41, 5.74) is 6.24. The van der Waals surface area contributed by atoms with Crippen LogP contribution in [0.2, 0.25) is 0 Å². The maximum atomic E-state index is 6.03. The summed E-state index contributed by atoms with van der Waals surface area (Å²) in [5.74, 6) is 0.627. The van der Waals surface area contributed by atoms with Gasteiger partial charge in [0.25, 0.3) is 0 Å². The van der Waals surface area contributed by atoms with Crippen molar-refractivity contribution in [2.45, 2.75) is 84.0 Å². The predicted molar refractivity (Wildman–Crippen MR) is 80.1 cm³/mol. The lowest BCUT2D eigenvalue weighted by atomic mass is 9.64. The molecular weight excluding hydrogens is 236 g/mol. The van der Waals surface area contributed by atoms with E-state index in [9.17, 15) is 0 Å². The number of ether oxygens (including phenoxy) is 1. The van der Waals surface area contributed by atoms with Crippen LogP contribution in [0.1, 0.15) is 59.8 Å². The largest absolute Gasteiger partial charge is 0.377 e. The predicted octanol–water partition coefficient (Wildman–Crippen LogP) is 2.69. The van der Waals surface area contributed by atoms with Crippen molar-refractivity contribution in [2.24, 2.45) is 17.1 Å². The number of rotatable bonds is 5. The Balaban J connectivity index is 1.74. The molecule has 2 unspecified atom stereocenters. The lowest BCUT2D eigenvalue weighted by Crippen LogP contribution is -2.63. The molecule has 19 heavy (non-hydrogen) atoms. The molecule has 2 fully saturated rings. The molecular formula is C16H32N2O. The summed E-state index contributed by atoms with van der Waals surface area (Å²) >= 11 is 0. The first kappa shape index (κ1) is 15.3. The summed E-state index contributed by atoms with van der Waals surface area (Å²) in [6.07, 6.45) is 6.44. The summed E-state index contributed by atoms with van der Waals surface area (Å²) in [6.45, 7) is 10.00. The zero-order chi connectivity index (χ0) is 14.0. The lowest BCUT2D eigenvalue weighted by Gasteiger charge is -2.53. The molecule has 0 saturated heterocycles. The highest BCUT2D eigenvalue weighted by atomic mass is 16.5. The molecule has 2 aliphatic carbocycles. The van der Waals surface area contributed by atoms with Crippen LogP contribution in [-0.2, 0) is 4.74 Å². The third-order valence-corrected chi connectivity index (χ3v) is 5.02. The van der Waals surface area contributed by atoms with Crippen molar-refractivity contribution in [1.82, 2.24) is 5.32 Å². The van der Waals surface area contributed by atoms with Gasteiger partial charge in [0.1, 0.15) is 0 Å². The van der Waals surface area contributed by atoms with Gasteiger partial charge in [0, 0.05) is 30.1 Å². The van der Waals surface area contributed by atoms with Crippen LogP contribution >= 0.6 is 0 Å². The van der Waals surface area contributed by atoms with Crippen LogP contribution in [0.4, 0.5) is 0 Å². The number of nitrogens with two attached hydrogens (primary N) is 1. The summed E-state index contributed by atoms with van der Waals surface area (Å²) < 4.78 is 6.03. The van der Waals surface area contributed by atoms with E-state index in [0.717, 1.165) is 6.61 Å². The Morgan fingerprint density at radius 3 is 2.37 bits per heavy atom. The Hall–Kier alpha value is -0.120. The number of hydrogen-bond donors (Lipinski definition) is 2. The smallest absolute Gasteiger partial charge is 0.0656 e. The first-order valence-corrected chi connectivity index (χ1v) is 8.02. The van der Waals surface area contributed by atoms with E-state index in [1.807, 2.05) is 0 Å². The van der Waals surface area contributed by atoms with Gasteiger partial charge in [0.2, 0.25) is 0 Å². The molecule has 2 atom stereocenters. The van der Waals surface area contributed by atoms with Crippen molar-refractivity contribution < 1.29 is 4.74 Å². The van der Waals surface area contributed by atoms with Gasteiger partial charge >= 0.3 is 0 Å². The number of nitrogens with one attached hydrogen (secondary N) is 1. The van der Waals surface area contributed by atoms with Crippen LogP contribution < -0.4 is 11.1 Å². The van der Waals surface area contributed by atoms with Crippen molar-refractivity contribution in [2.75, 3.05) is 6.61 Å². The molecule has 0 aliphatic heterocycles. The average molecular weight is 268 g/mol. The minimum absolute atomic E-state index is 0.272. The van der Waals surface area contributed by atoms with Crippen LogP contribution in [0.25, 0.3) is 0 Å². The van der Waals surface area contributed by atoms with Crippen LogP contribution in [-0.4, -0.2) is 30.8 Å². The third kappa shape index (κ3) is 3.71. The average Bonchev–Trinajstić information content (AvgIpc) is 2.34. The highest BCUT2D eigenvalue weighted by Gasteiger charge is 2.49. The second-order valence-corrected chi connectivity index (χ2v) is 7.60. The molecule has 3 N–H and O–H groups in total. The molecule has 3 nitrogen and oxygen atoms in total. The first-order valence-electron chi connectivity index (χ1n) is 8.02. The molecule has 0 aromatic heterocycles. The van der Waals surface area contributed by atoms with Gasteiger partial charge in [-0.05, 0) is 38.0 Å². The van der Waals surface area contributed by atoms with Crippen LogP contribution in [0.3, 0.4) is 0 Å². The van der Waals surface area contributed by atoms with Crippen molar-refractivity contribution in [1.29, 1.82) is 0 Å². The van der Waals surface area contributed by atoms with Gasteiger partial charge in [-0.2, -0.15) is 0 Å². The van der Waals surface area contributed by atoms with E-state index in [1.165, 1.54) is 32.1 Å². The molecule has 0 radical (unpaired) electrons. The summed E-state index contributed by atoms with van der Waals surface area (Å²) in [6, 6.07) is 1.73. The topological polar surface area (TPSA) is 47.3 Å². The molecule has 3 heteroatoms. The van der Waals surface area contributed by atoms with E-state index in [0.29, 0.717) is 30.1 Å². The molecule has 0 bridgehead atoms. The van der Waals surface area contributed by atoms with Gasteiger partial charge in [-0.3, -0.25) is 0 Å². The Labute approximate surface area is 118 Å². The molecule has 112 valence electrons. The Bertz CT molecular complexity index is 282. The summed E-state index contributed by atoms with van der Waals surface area (Å²) in [7, 11) is 0. The highest BCUT2D eigenvalue weighted by Crippen LogP contribution is 2.43. The van der Waals surface area contributed by atoms with Gasteiger partial charge < -0.3 is 15.8 Å². The minimum atomic E-state index is 0.272. The lowest BCUT2D eigenvalue weighted by molar-refractivity contribution is -0.126. The van der Waals surface area contributed by atoms with Crippen molar-refractivity contribution in [3.05, 3.63) is 0 Å². The molecule has 0 aromatic carbocycles. The second-order valence-electron chi connectivity index (χ2n) is 7.60. The Kier molecular flexibility index (Phi) is 4.91. The standard InChI is InChI=1S/C16H32N2O/c1-11(2)10-19-15-9-14(16(15,3)4)18-13-7-5-12(17)6-8-13/h11-15,18H,5-10,17H2,1-4H3. The zero-order valence-electron chi connectivity index (χ0n) is 13.1. The van der Waals surface area contributed by atoms with E-state index in [2.05, 4.69) is 33.0 Å². The second kappa shape index (κ2) is 6.11.